The Morgan fingerprint density at radius 2 is 1.94 bits per heavy atom. The molecule has 0 radical (unpaired) electrons. The summed E-state index contributed by atoms with van der Waals surface area (Å²) in [5.41, 5.74) is 0.469. The van der Waals surface area contributed by atoms with E-state index in [1.165, 1.54) is 16.5 Å². The number of ether oxygens (including phenoxy) is 1. The summed E-state index contributed by atoms with van der Waals surface area (Å²) in [5.74, 6) is -1.74. The molecule has 3 rings (SSSR count). The first kappa shape index (κ1) is 22.3. The van der Waals surface area contributed by atoms with Crippen molar-refractivity contribution in [2.24, 2.45) is 0 Å². The lowest BCUT2D eigenvalue weighted by atomic mass is 10.2. The van der Waals surface area contributed by atoms with Gasteiger partial charge in [-0.2, -0.15) is 0 Å². The number of fused-ring (bicyclic) bond motifs is 1. The Kier molecular flexibility index (Phi) is 7.24. The number of imidazole rings is 1. The Hall–Kier alpha value is -3.40. The van der Waals surface area contributed by atoms with Crippen LogP contribution in [-0.2, 0) is 6.61 Å². The number of amides is 1. The van der Waals surface area contributed by atoms with Crippen LogP contribution in [0.4, 0.5) is 17.6 Å². The number of halogens is 4. The maximum atomic E-state index is 13.9. The molecule has 2 aromatic heterocycles. The predicted octanol–water partition coefficient (Wildman–Crippen LogP) is 3.42. The first-order valence-electron chi connectivity index (χ1n) is 9.38. The lowest BCUT2D eigenvalue weighted by Gasteiger charge is -2.10. The van der Waals surface area contributed by atoms with Crippen LogP contribution in [0, 0.1) is 11.6 Å². The molecule has 0 saturated heterocycles. The first-order valence-corrected chi connectivity index (χ1v) is 9.38. The second-order valence-corrected chi connectivity index (χ2v) is 6.46. The van der Waals surface area contributed by atoms with Gasteiger partial charge in [-0.05, 0) is 30.3 Å². The van der Waals surface area contributed by atoms with Crippen LogP contribution in [0.2, 0.25) is 0 Å². The summed E-state index contributed by atoms with van der Waals surface area (Å²) in [6, 6.07) is 6.67. The molecule has 164 valence electrons. The molecule has 0 aliphatic carbocycles. The Balaban J connectivity index is 1.79. The van der Waals surface area contributed by atoms with Crippen LogP contribution in [0.25, 0.3) is 11.7 Å². The molecule has 0 saturated carbocycles. The number of pyridine rings is 1. The largest absolute Gasteiger partial charge is 0.485 e. The van der Waals surface area contributed by atoms with E-state index in [2.05, 4.69) is 22.2 Å². The normalized spacial score (nSPS) is 11.1. The molecule has 0 fully saturated rings. The van der Waals surface area contributed by atoms with Crippen molar-refractivity contribution in [3.8, 4) is 5.75 Å². The fourth-order valence-electron chi connectivity index (χ4n) is 2.92. The van der Waals surface area contributed by atoms with Crippen molar-refractivity contribution in [2.75, 3.05) is 19.6 Å². The highest BCUT2D eigenvalue weighted by Crippen LogP contribution is 2.24. The smallest absolute Gasteiger partial charge is 0.270 e. The lowest BCUT2D eigenvalue weighted by molar-refractivity contribution is 0.0947. The molecule has 0 unspecified atom stereocenters. The molecule has 0 atom stereocenters. The van der Waals surface area contributed by atoms with Gasteiger partial charge in [-0.25, -0.2) is 22.5 Å². The van der Waals surface area contributed by atoms with Crippen LogP contribution in [0.1, 0.15) is 21.7 Å². The number of carbonyl (C=O) groups excluding carboxylic acids is 1. The molecule has 0 aliphatic heterocycles. The summed E-state index contributed by atoms with van der Waals surface area (Å²) in [4.78, 5) is 17.0. The van der Waals surface area contributed by atoms with E-state index in [-0.39, 0.29) is 48.0 Å². The zero-order valence-electron chi connectivity index (χ0n) is 16.4. The summed E-state index contributed by atoms with van der Waals surface area (Å²) >= 11 is 0. The van der Waals surface area contributed by atoms with Gasteiger partial charge in [0, 0.05) is 19.3 Å². The van der Waals surface area contributed by atoms with Crippen LogP contribution < -0.4 is 15.4 Å². The number of hydrogen-bond donors (Lipinski definition) is 2. The van der Waals surface area contributed by atoms with Gasteiger partial charge in [-0.1, -0.05) is 12.6 Å². The highest BCUT2D eigenvalue weighted by atomic mass is 19.3. The molecular formula is C21H20F4N4O2. The van der Waals surface area contributed by atoms with Crippen molar-refractivity contribution in [3.05, 3.63) is 71.7 Å². The number of rotatable bonds is 10. The molecule has 10 heteroatoms. The molecule has 1 amide bonds. The Bertz CT molecular complexity index is 1060. The summed E-state index contributed by atoms with van der Waals surface area (Å²) in [7, 11) is 0. The summed E-state index contributed by atoms with van der Waals surface area (Å²) in [5, 5.41) is 5.14. The zero-order valence-corrected chi connectivity index (χ0v) is 16.4. The number of alkyl halides is 2. The molecule has 2 N–H and O–H groups in total. The van der Waals surface area contributed by atoms with Crippen molar-refractivity contribution >= 4 is 17.6 Å². The third-order valence-corrected chi connectivity index (χ3v) is 4.37. The molecule has 1 aromatic carbocycles. The molecule has 6 nitrogen and oxygen atoms in total. The summed E-state index contributed by atoms with van der Waals surface area (Å²) in [6.45, 7) is 3.11. The van der Waals surface area contributed by atoms with Gasteiger partial charge in [-0.15, -0.1) is 0 Å². The number of nitrogens with one attached hydrogen (secondary N) is 2. The van der Waals surface area contributed by atoms with Crippen molar-refractivity contribution in [1.82, 2.24) is 20.0 Å². The predicted molar refractivity (Wildman–Crippen MR) is 107 cm³/mol. The number of aromatic nitrogens is 2. The van der Waals surface area contributed by atoms with E-state index in [0.29, 0.717) is 0 Å². The van der Waals surface area contributed by atoms with Crippen molar-refractivity contribution in [3.63, 3.8) is 0 Å². The first-order chi connectivity index (χ1) is 14.9. The summed E-state index contributed by atoms with van der Waals surface area (Å²) < 4.78 is 59.1. The van der Waals surface area contributed by atoms with Gasteiger partial charge in [0.2, 0.25) is 0 Å². The lowest BCUT2D eigenvalue weighted by Crippen LogP contribution is -2.34. The van der Waals surface area contributed by atoms with Gasteiger partial charge >= 0.3 is 0 Å². The molecule has 3 aromatic rings. The minimum absolute atomic E-state index is 0.123. The summed E-state index contributed by atoms with van der Waals surface area (Å²) in [6.07, 6.45) is 0.491. The maximum absolute atomic E-state index is 13.9. The standard InChI is InChI=1S/C21H20F4N4O2/c1-2-16-19(21(30)27-9-8-26-11-18(24)25)29-10-4-7-17(20(29)28-16)31-12-13-14(22)5-3-6-15(13)23/h2-7,10,18,26H,1,8-9,11-12H2,(H,27,30). The highest BCUT2D eigenvalue weighted by molar-refractivity contribution is 5.97. The van der Waals surface area contributed by atoms with Crippen molar-refractivity contribution < 1.29 is 27.1 Å². The van der Waals surface area contributed by atoms with E-state index < -0.39 is 30.5 Å². The number of carbonyl (C=O) groups is 1. The van der Waals surface area contributed by atoms with E-state index in [9.17, 15) is 22.4 Å². The fraction of sp³-hybridized carbons (Fsp3) is 0.238. The van der Waals surface area contributed by atoms with Gasteiger partial charge in [0.1, 0.15) is 23.9 Å². The average Bonchev–Trinajstić information content (AvgIpc) is 3.12. The molecule has 0 spiro atoms. The zero-order chi connectivity index (χ0) is 22.4. The minimum Gasteiger partial charge on any atom is -0.485 e. The second-order valence-electron chi connectivity index (χ2n) is 6.46. The van der Waals surface area contributed by atoms with Gasteiger partial charge < -0.3 is 15.4 Å². The van der Waals surface area contributed by atoms with Gasteiger partial charge in [0.25, 0.3) is 12.3 Å². The van der Waals surface area contributed by atoms with Crippen LogP contribution >= 0.6 is 0 Å². The van der Waals surface area contributed by atoms with Crippen LogP contribution in [-0.4, -0.2) is 41.4 Å². The number of nitrogens with zero attached hydrogens (tertiary/aromatic N) is 2. The van der Waals surface area contributed by atoms with Crippen LogP contribution in [0.15, 0.2) is 43.1 Å². The van der Waals surface area contributed by atoms with Crippen molar-refractivity contribution in [2.45, 2.75) is 13.0 Å². The molecule has 0 bridgehead atoms. The molecule has 2 heterocycles. The highest BCUT2D eigenvalue weighted by Gasteiger charge is 2.20. The van der Waals surface area contributed by atoms with Crippen LogP contribution in [0.5, 0.6) is 5.75 Å². The van der Waals surface area contributed by atoms with E-state index >= 15 is 0 Å². The monoisotopic (exact) mass is 436 g/mol. The Labute approximate surface area is 175 Å². The second kappa shape index (κ2) is 10.1. The van der Waals surface area contributed by atoms with Crippen LogP contribution in [0.3, 0.4) is 0 Å². The van der Waals surface area contributed by atoms with E-state index in [0.717, 1.165) is 12.1 Å². The number of hydrogen-bond acceptors (Lipinski definition) is 4. The van der Waals surface area contributed by atoms with Crippen molar-refractivity contribution in [1.29, 1.82) is 0 Å². The maximum Gasteiger partial charge on any atom is 0.270 e. The van der Waals surface area contributed by atoms with Gasteiger partial charge in [0.05, 0.1) is 17.8 Å². The van der Waals surface area contributed by atoms with E-state index in [1.807, 2.05) is 0 Å². The van der Waals surface area contributed by atoms with Gasteiger partial charge in [0.15, 0.2) is 11.4 Å². The molecule has 0 aliphatic rings. The SMILES string of the molecule is C=Cc1nc2c(OCc3c(F)cccc3F)cccn2c1C(=O)NCCNCC(F)F. The fourth-order valence-corrected chi connectivity index (χ4v) is 2.92. The average molecular weight is 436 g/mol. The topological polar surface area (TPSA) is 67.7 Å². The Morgan fingerprint density at radius 1 is 1.19 bits per heavy atom. The van der Waals surface area contributed by atoms with Gasteiger partial charge in [-0.3, -0.25) is 9.20 Å². The quantitative estimate of drug-likeness (QED) is 0.378. The number of benzene rings is 1. The Morgan fingerprint density at radius 3 is 2.61 bits per heavy atom. The minimum atomic E-state index is -2.47. The van der Waals surface area contributed by atoms with E-state index in [4.69, 9.17) is 4.74 Å². The molecular weight excluding hydrogens is 416 g/mol. The molecule has 31 heavy (non-hydrogen) atoms. The third-order valence-electron chi connectivity index (χ3n) is 4.37. The third kappa shape index (κ3) is 5.21. The van der Waals surface area contributed by atoms with E-state index in [1.54, 1.807) is 18.3 Å².